The van der Waals surface area contributed by atoms with Crippen LogP contribution in [0.2, 0.25) is 0 Å². The third-order valence-corrected chi connectivity index (χ3v) is 3.16. The van der Waals surface area contributed by atoms with Gasteiger partial charge in [0.2, 0.25) is 0 Å². The van der Waals surface area contributed by atoms with Crippen molar-refractivity contribution in [3.63, 3.8) is 0 Å². The molecule has 0 radical (unpaired) electrons. The molecule has 2 heterocycles. The average Bonchev–Trinajstić information content (AvgIpc) is 3.09. The first-order chi connectivity index (χ1) is 10.2. The zero-order chi connectivity index (χ0) is 14.7. The van der Waals surface area contributed by atoms with E-state index in [1.54, 1.807) is 9.36 Å². The maximum Gasteiger partial charge on any atom is 0.170 e. The summed E-state index contributed by atoms with van der Waals surface area (Å²) in [5.74, 6) is 0.813. The van der Waals surface area contributed by atoms with Crippen molar-refractivity contribution in [2.75, 3.05) is 7.05 Å². The molecule has 0 aliphatic heterocycles. The Kier molecular flexibility index (Phi) is 3.74. The second-order valence-corrected chi connectivity index (χ2v) is 5.04. The molecule has 7 heteroatoms. The van der Waals surface area contributed by atoms with Crippen molar-refractivity contribution >= 4 is 0 Å². The first kappa shape index (κ1) is 13.4. The molecule has 108 valence electrons. The van der Waals surface area contributed by atoms with E-state index in [1.807, 2.05) is 56.8 Å². The van der Waals surface area contributed by atoms with Gasteiger partial charge in [-0.1, -0.05) is 18.2 Å². The van der Waals surface area contributed by atoms with Gasteiger partial charge in [-0.25, -0.2) is 0 Å². The van der Waals surface area contributed by atoms with Gasteiger partial charge in [0, 0.05) is 25.4 Å². The normalized spacial score (nSPS) is 11.2. The van der Waals surface area contributed by atoms with Gasteiger partial charge in [-0.2, -0.15) is 9.78 Å². The monoisotopic (exact) mass is 283 g/mol. The highest BCUT2D eigenvalue weighted by molar-refractivity contribution is 5.30. The summed E-state index contributed by atoms with van der Waals surface area (Å²) in [4.78, 5) is 2.15. The molecule has 0 fully saturated rings. The predicted molar refractivity (Wildman–Crippen MR) is 77.5 cm³/mol. The lowest BCUT2D eigenvalue weighted by Gasteiger charge is -2.14. The molecule has 0 bridgehead atoms. The van der Waals surface area contributed by atoms with Gasteiger partial charge in [0.05, 0.1) is 18.4 Å². The van der Waals surface area contributed by atoms with Crippen molar-refractivity contribution in [1.29, 1.82) is 0 Å². The van der Waals surface area contributed by atoms with Crippen LogP contribution < -0.4 is 0 Å². The largest absolute Gasteiger partial charge is 0.295 e. The molecule has 3 aromatic rings. The molecule has 0 atom stereocenters. The fourth-order valence-electron chi connectivity index (χ4n) is 2.24. The minimum atomic E-state index is 0.663. The van der Waals surface area contributed by atoms with Crippen LogP contribution in [0.4, 0.5) is 0 Å². The van der Waals surface area contributed by atoms with Crippen LogP contribution >= 0.6 is 0 Å². The first-order valence-electron chi connectivity index (χ1n) is 6.71. The maximum absolute atomic E-state index is 4.18. The molecule has 0 aliphatic rings. The van der Waals surface area contributed by atoms with Crippen LogP contribution in [-0.4, -0.2) is 41.9 Å². The van der Waals surface area contributed by atoms with Crippen LogP contribution in [0, 0.1) is 0 Å². The van der Waals surface area contributed by atoms with Gasteiger partial charge in [0.25, 0.3) is 0 Å². The summed E-state index contributed by atoms with van der Waals surface area (Å²) in [5.41, 5.74) is 2.13. The smallest absolute Gasteiger partial charge is 0.170 e. The summed E-state index contributed by atoms with van der Waals surface area (Å²) < 4.78 is 3.57. The van der Waals surface area contributed by atoms with Gasteiger partial charge in [-0.15, -0.1) is 5.10 Å². The van der Waals surface area contributed by atoms with Crippen molar-refractivity contribution < 1.29 is 0 Å². The van der Waals surface area contributed by atoms with E-state index in [2.05, 4.69) is 25.5 Å². The Hall–Kier alpha value is -2.54. The summed E-state index contributed by atoms with van der Waals surface area (Å²) in [6.45, 7) is 1.46. The molecule has 21 heavy (non-hydrogen) atoms. The van der Waals surface area contributed by atoms with Crippen LogP contribution in [0.5, 0.6) is 0 Å². The lowest BCUT2D eigenvalue weighted by molar-refractivity contribution is 0.307. The van der Waals surface area contributed by atoms with E-state index in [1.165, 1.54) is 5.56 Å². The standard InChI is InChI=1S/C14H17N7/c1-19(9-12-8-15-20(2)10-12)11-14-16-17-18-21(14)13-6-4-3-5-7-13/h3-8,10H,9,11H2,1-2H3. The minimum Gasteiger partial charge on any atom is -0.295 e. The molecule has 7 nitrogen and oxygen atoms in total. The Bertz CT molecular complexity index is 701. The van der Waals surface area contributed by atoms with Gasteiger partial charge >= 0.3 is 0 Å². The number of aryl methyl sites for hydroxylation is 1. The van der Waals surface area contributed by atoms with Gasteiger partial charge < -0.3 is 0 Å². The molecule has 2 aromatic heterocycles. The van der Waals surface area contributed by atoms with E-state index in [9.17, 15) is 0 Å². The number of tetrazole rings is 1. The number of rotatable bonds is 5. The zero-order valence-electron chi connectivity index (χ0n) is 12.1. The molecule has 1 aromatic carbocycles. The highest BCUT2D eigenvalue weighted by atomic mass is 15.5. The molecule has 3 rings (SSSR count). The van der Waals surface area contributed by atoms with E-state index in [0.29, 0.717) is 6.54 Å². The minimum absolute atomic E-state index is 0.663. The summed E-state index contributed by atoms with van der Waals surface area (Å²) >= 11 is 0. The number of hydrogen-bond acceptors (Lipinski definition) is 5. The van der Waals surface area contributed by atoms with Crippen LogP contribution in [0.3, 0.4) is 0 Å². The summed E-state index contributed by atoms with van der Waals surface area (Å²) in [5, 5.41) is 16.1. The Balaban J connectivity index is 1.72. The number of benzene rings is 1. The summed E-state index contributed by atoms with van der Waals surface area (Å²) in [6.07, 6.45) is 3.88. The third-order valence-electron chi connectivity index (χ3n) is 3.16. The van der Waals surface area contributed by atoms with Gasteiger partial charge in [0.15, 0.2) is 5.82 Å². The highest BCUT2D eigenvalue weighted by Crippen LogP contribution is 2.10. The SMILES string of the molecule is CN(Cc1cnn(C)c1)Cc1nnnn1-c1ccccc1. The van der Waals surface area contributed by atoms with Crippen molar-refractivity contribution in [3.05, 3.63) is 54.1 Å². The molecule has 0 unspecified atom stereocenters. The van der Waals surface area contributed by atoms with Crippen LogP contribution in [0.25, 0.3) is 5.69 Å². The molecule has 0 saturated carbocycles. The van der Waals surface area contributed by atoms with E-state index in [0.717, 1.165) is 18.1 Å². The Morgan fingerprint density at radius 1 is 1.14 bits per heavy atom. The molecule has 0 aliphatic carbocycles. The van der Waals surface area contributed by atoms with E-state index in [-0.39, 0.29) is 0 Å². The quantitative estimate of drug-likeness (QED) is 0.699. The second kappa shape index (κ2) is 5.84. The lowest BCUT2D eigenvalue weighted by atomic mass is 10.3. The summed E-state index contributed by atoms with van der Waals surface area (Å²) in [7, 11) is 3.95. The molecular weight excluding hydrogens is 266 g/mol. The van der Waals surface area contributed by atoms with E-state index >= 15 is 0 Å². The molecule has 0 saturated heterocycles. The maximum atomic E-state index is 4.18. The number of aromatic nitrogens is 6. The van der Waals surface area contributed by atoms with Crippen molar-refractivity contribution in [2.24, 2.45) is 7.05 Å². The fourth-order valence-corrected chi connectivity index (χ4v) is 2.24. The van der Waals surface area contributed by atoms with E-state index in [4.69, 9.17) is 0 Å². The van der Waals surface area contributed by atoms with Crippen LogP contribution in [0.1, 0.15) is 11.4 Å². The number of hydrogen-bond donors (Lipinski definition) is 0. The predicted octanol–water partition coefficient (Wildman–Crippen LogP) is 1.03. The highest BCUT2D eigenvalue weighted by Gasteiger charge is 2.11. The van der Waals surface area contributed by atoms with Crippen LogP contribution in [0.15, 0.2) is 42.7 Å². The van der Waals surface area contributed by atoms with Crippen molar-refractivity contribution in [2.45, 2.75) is 13.1 Å². The number of nitrogens with zero attached hydrogens (tertiary/aromatic N) is 7. The van der Waals surface area contributed by atoms with Gasteiger partial charge in [0.1, 0.15) is 0 Å². The first-order valence-corrected chi connectivity index (χ1v) is 6.71. The molecule has 0 spiro atoms. The average molecular weight is 283 g/mol. The Morgan fingerprint density at radius 2 is 1.95 bits per heavy atom. The Morgan fingerprint density at radius 3 is 2.67 bits per heavy atom. The third kappa shape index (κ3) is 3.14. The second-order valence-electron chi connectivity index (χ2n) is 5.04. The number of para-hydroxylation sites is 1. The fraction of sp³-hybridized carbons (Fsp3) is 0.286. The zero-order valence-corrected chi connectivity index (χ0v) is 12.1. The Labute approximate surface area is 122 Å². The molecule has 0 N–H and O–H groups in total. The van der Waals surface area contributed by atoms with Crippen LogP contribution in [-0.2, 0) is 20.1 Å². The lowest BCUT2D eigenvalue weighted by Crippen LogP contribution is -2.20. The summed E-state index contributed by atoms with van der Waals surface area (Å²) in [6, 6.07) is 9.89. The van der Waals surface area contributed by atoms with Crippen molar-refractivity contribution in [1.82, 2.24) is 34.9 Å². The molecular formula is C14H17N7. The topological polar surface area (TPSA) is 64.7 Å². The van der Waals surface area contributed by atoms with Gasteiger partial charge in [-0.05, 0) is 29.6 Å². The van der Waals surface area contributed by atoms with Crippen molar-refractivity contribution in [3.8, 4) is 5.69 Å². The van der Waals surface area contributed by atoms with E-state index < -0.39 is 0 Å². The molecule has 0 amide bonds. The van der Waals surface area contributed by atoms with Gasteiger partial charge in [-0.3, -0.25) is 9.58 Å².